The number of piperazine rings is 1. The molecule has 0 bridgehead atoms. The highest BCUT2D eigenvalue weighted by Gasteiger charge is 2.21. The van der Waals surface area contributed by atoms with Crippen molar-refractivity contribution in [2.75, 3.05) is 26.2 Å². The van der Waals surface area contributed by atoms with E-state index in [-0.39, 0.29) is 6.03 Å². The molecule has 1 aromatic carbocycles. The number of urea groups is 1. The van der Waals surface area contributed by atoms with E-state index in [9.17, 15) is 4.79 Å². The molecule has 3 rings (SSSR count). The number of aryl methyl sites for hydroxylation is 2. The second kappa shape index (κ2) is 8.11. The number of carbonyl (C=O) groups is 1. The van der Waals surface area contributed by atoms with Gasteiger partial charge in [0.1, 0.15) is 6.33 Å². The number of benzene rings is 1. The van der Waals surface area contributed by atoms with Crippen LogP contribution in [0.15, 0.2) is 30.6 Å². The fourth-order valence-electron chi connectivity index (χ4n) is 3.12. The maximum atomic E-state index is 12.3. The first-order valence-corrected chi connectivity index (χ1v) is 8.83. The van der Waals surface area contributed by atoms with Crippen molar-refractivity contribution in [2.24, 2.45) is 0 Å². The molecule has 25 heavy (non-hydrogen) atoms. The summed E-state index contributed by atoms with van der Waals surface area (Å²) in [6.45, 7) is 9.59. The topological polar surface area (TPSA) is 66.3 Å². The van der Waals surface area contributed by atoms with Crippen LogP contribution < -0.4 is 5.32 Å². The molecular weight excluding hydrogens is 316 g/mol. The second-order valence-corrected chi connectivity index (χ2v) is 6.44. The van der Waals surface area contributed by atoms with E-state index in [1.54, 1.807) is 6.33 Å². The molecule has 7 nitrogen and oxygen atoms in total. The monoisotopic (exact) mass is 342 g/mol. The van der Waals surface area contributed by atoms with Crippen molar-refractivity contribution in [1.82, 2.24) is 29.9 Å². The number of rotatable bonds is 5. The summed E-state index contributed by atoms with van der Waals surface area (Å²) in [7, 11) is 0. The second-order valence-electron chi connectivity index (χ2n) is 6.44. The van der Waals surface area contributed by atoms with Crippen LogP contribution in [0.25, 0.3) is 0 Å². The number of carbonyl (C=O) groups excluding carboxylic acids is 1. The van der Waals surface area contributed by atoms with E-state index in [1.165, 1.54) is 11.1 Å². The Hall–Kier alpha value is -2.41. The highest BCUT2D eigenvalue weighted by molar-refractivity contribution is 5.74. The Labute approximate surface area is 148 Å². The summed E-state index contributed by atoms with van der Waals surface area (Å²) in [6.07, 6.45) is 1.69. The van der Waals surface area contributed by atoms with Crippen LogP contribution in [0.1, 0.15) is 23.9 Å². The molecule has 1 saturated heterocycles. The van der Waals surface area contributed by atoms with Gasteiger partial charge in [0.05, 0.1) is 6.54 Å². The average Bonchev–Trinajstić information content (AvgIpc) is 3.08. The van der Waals surface area contributed by atoms with Gasteiger partial charge in [0.2, 0.25) is 0 Å². The zero-order valence-electron chi connectivity index (χ0n) is 15.0. The number of nitrogens with zero attached hydrogens (tertiary/aromatic N) is 5. The number of aromatic nitrogens is 3. The molecule has 0 saturated carbocycles. The van der Waals surface area contributed by atoms with Gasteiger partial charge in [-0.1, -0.05) is 29.8 Å². The van der Waals surface area contributed by atoms with E-state index in [4.69, 9.17) is 0 Å². The predicted octanol–water partition coefficient (Wildman–Crippen LogP) is 1.63. The van der Waals surface area contributed by atoms with E-state index in [0.717, 1.165) is 45.1 Å². The highest BCUT2D eigenvalue weighted by Crippen LogP contribution is 2.10. The molecule has 0 unspecified atom stereocenters. The SMILES string of the molecule is CCn1cnnc1CNC(=O)N1CCN(Cc2cccc(C)c2)CC1. The predicted molar refractivity (Wildman–Crippen MR) is 96.0 cm³/mol. The van der Waals surface area contributed by atoms with Crippen LogP contribution in [0, 0.1) is 6.92 Å². The largest absolute Gasteiger partial charge is 0.331 e. The molecule has 2 amide bonds. The van der Waals surface area contributed by atoms with Crippen molar-refractivity contribution in [3.63, 3.8) is 0 Å². The van der Waals surface area contributed by atoms with Gasteiger partial charge >= 0.3 is 6.03 Å². The van der Waals surface area contributed by atoms with E-state index < -0.39 is 0 Å². The van der Waals surface area contributed by atoms with Gasteiger partial charge in [-0.3, -0.25) is 4.90 Å². The summed E-state index contributed by atoms with van der Waals surface area (Å²) in [4.78, 5) is 16.6. The molecule has 7 heteroatoms. The lowest BCUT2D eigenvalue weighted by molar-refractivity contribution is 0.135. The third kappa shape index (κ3) is 4.57. The summed E-state index contributed by atoms with van der Waals surface area (Å²) in [6, 6.07) is 8.58. The lowest BCUT2D eigenvalue weighted by atomic mass is 10.1. The van der Waals surface area contributed by atoms with E-state index in [1.807, 2.05) is 16.4 Å². The number of hydrogen-bond donors (Lipinski definition) is 1. The molecule has 1 aromatic heterocycles. The van der Waals surface area contributed by atoms with Gasteiger partial charge < -0.3 is 14.8 Å². The molecule has 1 fully saturated rings. The Balaban J connectivity index is 1.44. The van der Waals surface area contributed by atoms with Gasteiger partial charge in [0, 0.05) is 39.3 Å². The van der Waals surface area contributed by atoms with Gasteiger partial charge in [-0.05, 0) is 19.4 Å². The Morgan fingerprint density at radius 2 is 2.04 bits per heavy atom. The average molecular weight is 342 g/mol. The zero-order valence-corrected chi connectivity index (χ0v) is 15.0. The third-order valence-electron chi connectivity index (χ3n) is 4.58. The molecule has 2 aromatic rings. The van der Waals surface area contributed by atoms with Gasteiger partial charge in [-0.15, -0.1) is 10.2 Å². The lowest BCUT2D eigenvalue weighted by Gasteiger charge is -2.34. The summed E-state index contributed by atoms with van der Waals surface area (Å²) >= 11 is 0. The molecule has 0 atom stereocenters. The first kappa shape index (κ1) is 17.4. The molecular formula is C18H26N6O. The minimum Gasteiger partial charge on any atom is -0.331 e. The van der Waals surface area contributed by atoms with Crippen LogP contribution in [0.2, 0.25) is 0 Å². The Kier molecular flexibility index (Phi) is 5.65. The van der Waals surface area contributed by atoms with Crippen LogP contribution in [0.3, 0.4) is 0 Å². The van der Waals surface area contributed by atoms with Crippen molar-refractivity contribution in [3.8, 4) is 0 Å². The Morgan fingerprint density at radius 3 is 2.76 bits per heavy atom. The number of nitrogens with one attached hydrogen (secondary N) is 1. The minimum atomic E-state index is -0.0270. The molecule has 1 aliphatic rings. The van der Waals surface area contributed by atoms with Gasteiger partial charge in [0.15, 0.2) is 5.82 Å². The zero-order chi connectivity index (χ0) is 17.6. The minimum absolute atomic E-state index is 0.0270. The van der Waals surface area contributed by atoms with Crippen molar-refractivity contribution in [2.45, 2.75) is 33.5 Å². The summed E-state index contributed by atoms with van der Waals surface area (Å²) in [5.74, 6) is 0.786. The fraction of sp³-hybridized carbons (Fsp3) is 0.500. The molecule has 1 aliphatic heterocycles. The van der Waals surface area contributed by atoms with Crippen molar-refractivity contribution >= 4 is 6.03 Å². The summed E-state index contributed by atoms with van der Waals surface area (Å²) in [5, 5.41) is 10.9. The van der Waals surface area contributed by atoms with E-state index >= 15 is 0 Å². The normalized spacial score (nSPS) is 15.4. The third-order valence-corrected chi connectivity index (χ3v) is 4.58. The Bertz CT molecular complexity index is 705. The maximum absolute atomic E-state index is 12.3. The van der Waals surface area contributed by atoms with Crippen LogP contribution in [-0.4, -0.2) is 56.8 Å². The van der Waals surface area contributed by atoms with E-state index in [0.29, 0.717) is 6.54 Å². The van der Waals surface area contributed by atoms with Crippen molar-refractivity contribution < 1.29 is 4.79 Å². The van der Waals surface area contributed by atoms with Gasteiger partial charge in [-0.25, -0.2) is 4.79 Å². The van der Waals surface area contributed by atoms with Crippen molar-refractivity contribution in [1.29, 1.82) is 0 Å². The van der Waals surface area contributed by atoms with Crippen LogP contribution in [-0.2, 0) is 19.6 Å². The molecule has 0 aliphatic carbocycles. The van der Waals surface area contributed by atoms with E-state index in [2.05, 4.69) is 51.6 Å². The molecule has 1 N–H and O–H groups in total. The smallest absolute Gasteiger partial charge is 0.317 e. The molecule has 0 spiro atoms. The molecule has 134 valence electrons. The van der Waals surface area contributed by atoms with Crippen molar-refractivity contribution in [3.05, 3.63) is 47.5 Å². The first-order valence-electron chi connectivity index (χ1n) is 8.83. The highest BCUT2D eigenvalue weighted by atomic mass is 16.2. The quantitative estimate of drug-likeness (QED) is 0.897. The molecule has 0 radical (unpaired) electrons. The van der Waals surface area contributed by atoms with Crippen LogP contribution in [0.5, 0.6) is 0 Å². The first-order chi connectivity index (χ1) is 12.2. The van der Waals surface area contributed by atoms with Gasteiger partial charge in [0.25, 0.3) is 0 Å². The fourth-order valence-corrected chi connectivity index (χ4v) is 3.12. The molecule has 2 heterocycles. The summed E-state index contributed by atoms with van der Waals surface area (Å²) < 4.78 is 1.93. The summed E-state index contributed by atoms with van der Waals surface area (Å²) in [5.41, 5.74) is 2.62. The van der Waals surface area contributed by atoms with Gasteiger partial charge in [-0.2, -0.15) is 0 Å². The van der Waals surface area contributed by atoms with Crippen LogP contribution >= 0.6 is 0 Å². The lowest BCUT2D eigenvalue weighted by Crippen LogP contribution is -2.51. The van der Waals surface area contributed by atoms with Crippen LogP contribution in [0.4, 0.5) is 4.79 Å². The number of hydrogen-bond acceptors (Lipinski definition) is 4. The number of amides is 2. The Morgan fingerprint density at radius 1 is 1.24 bits per heavy atom. The maximum Gasteiger partial charge on any atom is 0.317 e. The standard InChI is InChI=1S/C18H26N6O/c1-3-23-14-20-21-17(23)12-19-18(25)24-9-7-22(8-10-24)13-16-6-4-5-15(2)11-16/h4-6,11,14H,3,7-10,12-13H2,1-2H3,(H,19,25).